The van der Waals surface area contributed by atoms with Gasteiger partial charge < -0.3 is 10.2 Å². The number of hydrogen-bond donors (Lipinski definition) is 1. The molecule has 2 aliphatic heterocycles. The lowest BCUT2D eigenvalue weighted by atomic mass is 9.73. The van der Waals surface area contributed by atoms with E-state index in [0.29, 0.717) is 37.1 Å². The highest BCUT2D eigenvalue weighted by atomic mass is 32.1. The molecule has 0 unspecified atom stereocenters. The molecule has 0 spiro atoms. The SMILES string of the molecule is O=C(c1cccc(F)c1)N1CCC([C@]2(c3cccnc3)NC(=O)N(Cc3ccsc3)C2=O)CC1. The average Bonchev–Trinajstić information content (AvgIpc) is 3.47. The molecule has 0 bridgehead atoms. The molecule has 9 heteroatoms. The summed E-state index contributed by atoms with van der Waals surface area (Å²) in [6, 6.07) is 10.7. The molecule has 174 valence electrons. The lowest BCUT2D eigenvalue weighted by Gasteiger charge is -2.41. The molecule has 4 heterocycles. The van der Waals surface area contributed by atoms with Crippen LogP contribution in [0.1, 0.15) is 34.3 Å². The van der Waals surface area contributed by atoms with Crippen molar-refractivity contribution in [3.05, 3.63) is 88.1 Å². The summed E-state index contributed by atoms with van der Waals surface area (Å²) in [4.78, 5) is 46.9. The van der Waals surface area contributed by atoms with Crippen molar-refractivity contribution in [1.82, 2.24) is 20.1 Å². The van der Waals surface area contributed by atoms with Gasteiger partial charge in [-0.25, -0.2) is 9.18 Å². The van der Waals surface area contributed by atoms with E-state index in [4.69, 9.17) is 0 Å². The molecule has 5 rings (SSSR count). The first-order valence-electron chi connectivity index (χ1n) is 11.1. The number of urea groups is 1. The van der Waals surface area contributed by atoms with Gasteiger partial charge in [0.25, 0.3) is 11.8 Å². The lowest BCUT2D eigenvalue weighted by Crippen LogP contribution is -2.54. The number of carbonyl (C=O) groups excluding carboxylic acids is 3. The monoisotopic (exact) mass is 478 g/mol. The van der Waals surface area contributed by atoms with E-state index in [-0.39, 0.29) is 24.3 Å². The van der Waals surface area contributed by atoms with E-state index >= 15 is 0 Å². The molecular formula is C25H23FN4O3S. The van der Waals surface area contributed by atoms with Gasteiger partial charge in [0.2, 0.25) is 0 Å². The van der Waals surface area contributed by atoms with Crippen molar-refractivity contribution < 1.29 is 18.8 Å². The smallest absolute Gasteiger partial charge is 0.325 e. The van der Waals surface area contributed by atoms with Crippen LogP contribution in [0, 0.1) is 11.7 Å². The fourth-order valence-corrected chi connectivity index (χ4v) is 5.59. The average molecular weight is 479 g/mol. The number of thiophene rings is 1. The Morgan fingerprint density at radius 2 is 2.00 bits per heavy atom. The van der Waals surface area contributed by atoms with Crippen molar-refractivity contribution in [1.29, 1.82) is 0 Å². The van der Waals surface area contributed by atoms with Crippen LogP contribution in [0.2, 0.25) is 0 Å². The second-order valence-corrected chi connectivity index (χ2v) is 9.36. The van der Waals surface area contributed by atoms with Crippen LogP contribution in [-0.4, -0.2) is 45.7 Å². The summed E-state index contributed by atoms with van der Waals surface area (Å²) in [5, 5.41) is 6.82. The Bertz CT molecular complexity index is 1210. The number of nitrogens with zero attached hydrogens (tertiary/aromatic N) is 3. The number of carbonyl (C=O) groups is 3. The summed E-state index contributed by atoms with van der Waals surface area (Å²) in [7, 11) is 0. The molecule has 1 N–H and O–H groups in total. The number of halogens is 1. The minimum atomic E-state index is -1.24. The van der Waals surface area contributed by atoms with E-state index < -0.39 is 17.4 Å². The van der Waals surface area contributed by atoms with Gasteiger partial charge in [-0.2, -0.15) is 11.3 Å². The maximum absolute atomic E-state index is 13.8. The second-order valence-electron chi connectivity index (χ2n) is 8.58. The molecule has 7 nitrogen and oxygen atoms in total. The van der Waals surface area contributed by atoms with Crippen LogP contribution in [0.4, 0.5) is 9.18 Å². The Kier molecular flexibility index (Phi) is 5.87. The summed E-state index contributed by atoms with van der Waals surface area (Å²) >= 11 is 1.51. The quantitative estimate of drug-likeness (QED) is 0.566. The Balaban J connectivity index is 1.40. The number of hydrogen-bond acceptors (Lipinski definition) is 5. The fourth-order valence-electron chi connectivity index (χ4n) is 4.93. The zero-order chi connectivity index (χ0) is 23.7. The Morgan fingerprint density at radius 1 is 1.18 bits per heavy atom. The molecule has 1 aromatic carbocycles. The van der Waals surface area contributed by atoms with Crippen LogP contribution in [0.15, 0.2) is 65.6 Å². The van der Waals surface area contributed by atoms with Crippen LogP contribution < -0.4 is 5.32 Å². The molecule has 0 radical (unpaired) electrons. The molecule has 0 saturated carbocycles. The van der Waals surface area contributed by atoms with Crippen LogP contribution in [0.3, 0.4) is 0 Å². The summed E-state index contributed by atoms with van der Waals surface area (Å²) in [6.45, 7) is 0.999. The molecule has 1 atom stereocenters. The van der Waals surface area contributed by atoms with E-state index in [1.807, 2.05) is 22.9 Å². The van der Waals surface area contributed by atoms with Gasteiger partial charge in [-0.3, -0.25) is 19.5 Å². The van der Waals surface area contributed by atoms with Gasteiger partial charge in [0.05, 0.1) is 6.54 Å². The minimum absolute atomic E-state index is 0.201. The molecule has 34 heavy (non-hydrogen) atoms. The van der Waals surface area contributed by atoms with Crippen molar-refractivity contribution in [2.45, 2.75) is 24.9 Å². The number of imide groups is 1. The number of piperidine rings is 1. The molecule has 2 fully saturated rings. The Labute approximate surface area is 200 Å². The van der Waals surface area contributed by atoms with Gasteiger partial charge >= 0.3 is 6.03 Å². The topological polar surface area (TPSA) is 82.6 Å². The van der Waals surface area contributed by atoms with Crippen LogP contribution in [-0.2, 0) is 16.9 Å². The van der Waals surface area contributed by atoms with Crippen LogP contribution in [0.25, 0.3) is 0 Å². The summed E-state index contributed by atoms with van der Waals surface area (Å²) in [5.74, 6) is -1.22. The predicted octanol–water partition coefficient (Wildman–Crippen LogP) is 3.78. The zero-order valence-corrected chi connectivity index (χ0v) is 19.1. The number of aromatic nitrogens is 1. The summed E-state index contributed by atoms with van der Waals surface area (Å²) in [5.41, 5.74) is 0.588. The van der Waals surface area contributed by atoms with E-state index in [2.05, 4.69) is 10.3 Å². The van der Waals surface area contributed by atoms with E-state index in [9.17, 15) is 18.8 Å². The largest absolute Gasteiger partial charge is 0.339 e. The van der Waals surface area contributed by atoms with Crippen molar-refractivity contribution in [2.75, 3.05) is 13.1 Å². The first kappa shape index (κ1) is 22.2. The summed E-state index contributed by atoms with van der Waals surface area (Å²) in [6.07, 6.45) is 4.26. The second kappa shape index (κ2) is 8.98. The highest BCUT2D eigenvalue weighted by Gasteiger charge is 2.57. The molecule has 4 amide bonds. The molecule has 3 aromatic rings. The number of likely N-dealkylation sites (tertiary alicyclic amines) is 1. The van der Waals surface area contributed by atoms with E-state index in [0.717, 1.165) is 5.56 Å². The molecule has 2 saturated heterocycles. The van der Waals surface area contributed by atoms with Crippen LogP contribution >= 0.6 is 11.3 Å². The number of nitrogens with one attached hydrogen (secondary N) is 1. The van der Waals surface area contributed by atoms with E-state index in [1.165, 1.54) is 34.4 Å². The Hall–Kier alpha value is -3.59. The number of rotatable bonds is 5. The summed E-state index contributed by atoms with van der Waals surface area (Å²) < 4.78 is 13.6. The third-order valence-electron chi connectivity index (χ3n) is 6.64. The van der Waals surface area contributed by atoms with Gasteiger partial charge in [0.15, 0.2) is 5.54 Å². The first-order valence-corrected chi connectivity index (χ1v) is 12.0. The van der Waals surface area contributed by atoms with Crippen molar-refractivity contribution in [2.24, 2.45) is 5.92 Å². The normalized spacial score (nSPS) is 21.1. The maximum Gasteiger partial charge on any atom is 0.325 e. The van der Waals surface area contributed by atoms with Crippen molar-refractivity contribution in [3.8, 4) is 0 Å². The van der Waals surface area contributed by atoms with Crippen LogP contribution in [0.5, 0.6) is 0 Å². The first-order chi connectivity index (χ1) is 16.5. The molecule has 2 aliphatic rings. The Morgan fingerprint density at radius 3 is 2.68 bits per heavy atom. The number of amides is 4. The van der Waals surface area contributed by atoms with Gasteiger partial charge in [-0.1, -0.05) is 12.1 Å². The zero-order valence-electron chi connectivity index (χ0n) is 18.3. The van der Waals surface area contributed by atoms with Gasteiger partial charge in [0, 0.05) is 36.6 Å². The minimum Gasteiger partial charge on any atom is -0.339 e. The lowest BCUT2D eigenvalue weighted by molar-refractivity contribution is -0.134. The van der Waals surface area contributed by atoms with Gasteiger partial charge in [-0.15, -0.1) is 0 Å². The highest BCUT2D eigenvalue weighted by molar-refractivity contribution is 7.07. The number of benzene rings is 1. The van der Waals surface area contributed by atoms with E-state index in [1.54, 1.807) is 29.4 Å². The molecule has 0 aliphatic carbocycles. The predicted molar refractivity (Wildman–Crippen MR) is 124 cm³/mol. The molecule has 2 aromatic heterocycles. The van der Waals surface area contributed by atoms with Gasteiger partial charge in [-0.05, 0) is 65.4 Å². The third kappa shape index (κ3) is 3.86. The maximum atomic E-state index is 13.8. The third-order valence-corrected chi connectivity index (χ3v) is 7.37. The fraction of sp³-hybridized carbons (Fsp3) is 0.280. The highest BCUT2D eigenvalue weighted by Crippen LogP contribution is 2.41. The molecular weight excluding hydrogens is 455 g/mol. The standard InChI is InChI=1S/C25H23FN4O3S/c26-21-5-1-3-18(13-21)22(31)29-10-6-19(7-11-29)25(20-4-2-9-27-14-20)23(32)30(24(33)28-25)15-17-8-12-34-16-17/h1-5,8-9,12-14,16,19H,6-7,10-11,15H2,(H,28,33)/t25-/m1/s1. The number of pyridine rings is 1. The van der Waals surface area contributed by atoms with Crippen molar-refractivity contribution >= 4 is 29.2 Å². The van der Waals surface area contributed by atoms with Gasteiger partial charge in [0.1, 0.15) is 5.82 Å². The van der Waals surface area contributed by atoms with Crippen molar-refractivity contribution in [3.63, 3.8) is 0 Å².